The van der Waals surface area contributed by atoms with Crippen molar-refractivity contribution < 1.29 is 14.3 Å². The normalized spacial score (nSPS) is 15.1. The summed E-state index contributed by atoms with van der Waals surface area (Å²) in [7, 11) is 1.80. The van der Waals surface area contributed by atoms with Crippen LogP contribution < -0.4 is 10.5 Å². The molecule has 9 heteroatoms. The molecule has 0 bridgehead atoms. The summed E-state index contributed by atoms with van der Waals surface area (Å²) in [5.41, 5.74) is 9.83. The van der Waals surface area contributed by atoms with Crippen LogP contribution in [0.4, 0.5) is 0 Å². The van der Waals surface area contributed by atoms with Gasteiger partial charge in [-0.1, -0.05) is 25.5 Å². The Morgan fingerprint density at radius 1 is 1.31 bits per heavy atom. The number of rotatable bonds is 6. The van der Waals surface area contributed by atoms with Crippen LogP contribution >= 0.6 is 0 Å². The average Bonchev–Trinajstić information content (AvgIpc) is 3.39. The molecular formula is C23H24N6O3. The third-order valence-electron chi connectivity index (χ3n) is 5.37. The lowest BCUT2D eigenvalue weighted by Crippen LogP contribution is -2.22. The number of hydrogen-bond acceptors (Lipinski definition) is 7. The predicted molar refractivity (Wildman–Crippen MR) is 116 cm³/mol. The molecule has 3 aromatic rings. The van der Waals surface area contributed by atoms with Crippen LogP contribution in [-0.2, 0) is 18.2 Å². The maximum absolute atomic E-state index is 12.2. The van der Waals surface area contributed by atoms with Gasteiger partial charge in [-0.3, -0.25) is 4.57 Å². The van der Waals surface area contributed by atoms with E-state index in [4.69, 9.17) is 15.2 Å². The first kappa shape index (κ1) is 21.2. The maximum atomic E-state index is 12.2. The Kier molecular flexibility index (Phi) is 5.69. The number of ether oxygens (including phenoxy) is 2. The minimum atomic E-state index is -0.488. The highest BCUT2D eigenvalue weighted by atomic mass is 16.5. The second-order valence-electron chi connectivity index (χ2n) is 7.40. The third kappa shape index (κ3) is 3.50. The molecule has 0 spiro atoms. The largest absolute Gasteiger partial charge is 0.460 e. The van der Waals surface area contributed by atoms with Crippen molar-refractivity contribution in [3.63, 3.8) is 0 Å². The van der Waals surface area contributed by atoms with Crippen LogP contribution in [0.25, 0.3) is 5.69 Å². The zero-order chi connectivity index (χ0) is 22.8. The minimum absolute atomic E-state index is 0.0827. The second kappa shape index (κ2) is 8.59. The fraction of sp³-hybridized carbons (Fsp3) is 0.304. The van der Waals surface area contributed by atoms with Gasteiger partial charge in [0.15, 0.2) is 0 Å². The zero-order valence-corrected chi connectivity index (χ0v) is 18.2. The maximum Gasteiger partial charge on any atom is 0.374 e. The lowest BCUT2D eigenvalue weighted by Gasteiger charge is -2.25. The lowest BCUT2D eigenvalue weighted by atomic mass is 9.83. The summed E-state index contributed by atoms with van der Waals surface area (Å²) in [4.78, 5) is 16.3. The molecule has 2 N–H and O–H groups in total. The number of aromatic nitrogens is 4. The van der Waals surface area contributed by atoms with Gasteiger partial charge in [0.2, 0.25) is 17.6 Å². The highest BCUT2D eigenvalue weighted by Crippen LogP contribution is 2.44. The molecule has 0 saturated heterocycles. The van der Waals surface area contributed by atoms with Gasteiger partial charge in [-0.15, -0.1) is 0 Å². The number of benzene rings is 1. The number of nitriles is 1. The standard InChI is InChI=1S/C23H24N6O3/c1-4-6-17-19-18(16(13-24)20(25)32-22(19)28(3)27-17)14-7-9-15(10-8-14)29-12-11-26-21(29)23(30)31-5-2/h7-12,18H,4-6,25H2,1-3H3. The average molecular weight is 432 g/mol. The van der Waals surface area contributed by atoms with Crippen LogP contribution in [0.5, 0.6) is 5.88 Å². The first-order valence-corrected chi connectivity index (χ1v) is 10.4. The molecule has 2 aromatic heterocycles. The van der Waals surface area contributed by atoms with Crippen molar-refractivity contribution in [1.82, 2.24) is 19.3 Å². The van der Waals surface area contributed by atoms with Crippen molar-refractivity contribution in [3.8, 4) is 17.6 Å². The van der Waals surface area contributed by atoms with Gasteiger partial charge in [0, 0.05) is 25.1 Å². The van der Waals surface area contributed by atoms with E-state index in [0.717, 1.165) is 35.3 Å². The molecule has 0 radical (unpaired) electrons. The summed E-state index contributed by atoms with van der Waals surface area (Å²) in [6, 6.07) is 9.79. The van der Waals surface area contributed by atoms with Gasteiger partial charge >= 0.3 is 5.97 Å². The topological polar surface area (TPSA) is 121 Å². The van der Waals surface area contributed by atoms with Gasteiger partial charge in [-0.05, 0) is 31.0 Å². The number of aryl methyl sites for hydroxylation is 2. The summed E-state index contributed by atoms with van der Waals surface area (Å²) in [5, 5.41) is 14.4. The highest BCUT2D eigenvalue weighted by molar-refractivity contribution is 5.86. The summed E-state index contributed by atoms with van der Waals surface area (Å²) in [6.07, 6.45) is 4.92. The van der Waals surface area contributed by atoms with E-state index in [1.54, 1.807) is 35.6 Å². The molecule has 0 saturated carbocycles. The summed E-state index contributed by atoms with van der Waals surface area (Å²) < 4.78 is 14.2. The Labute approximate surface area is 185 Å². The number of carbonyl (C=O) groups is 1. The lowest BCUT2D eigenvalue weighted by molar-refractivity contribution is 0.0510. The molecule has 1 aliphatic rings. The first-order chi connectivity index (χ1) is 15.5. The van der Waals surface area contributed by atoms with Crippen molar-refractivity contribution >= 4 is 5.97 Å². The van der Waals surface area contributed by atoms with Crippen molar-refractivity contribution in [2.75, 3.05) is 6.61 Å². The highest BCUT2D eigenvalue weighted by Gasteiger charge is 2.36. The van der Waals surface area contributed by atoms with E-state index in [9.17, 15) is 10.1 Å². The number of imidazole rings is 1. The van der Waals surface area contributed by atoms with E-state index in [1.807, 2.05) is 24.3 Å². The number of fused-ring (bicyclic) bond motifs is 1. The van der Waals surface area contributed by atoms with E-state index in [2.05, 4.69) is 23.1 Å². The smallest absolute Gasteiger partial charge is 0.374 e. The van der Waals surface area contributed by atoms with Gasteiger partial charge in [0.05, 0.1) is 23.8 Å². The van der Waals surface area contributed by atoms with Gasteiger partial charge < -0.3 is 15.2 Å². The number of carbonyl (C=O) groups excluding carboxylic acids is 1. The molecular weight excluding hydrogens is 408 g/mol. The van der Waals surface area contributed by atoms with Gasteiger partial charge in [0.1, 0.15) is 11.6 Å². The quantitative estimate of drug-likeness (QED) is 0.594. The van der Waals surface area contributed by atoms with E-state index in [1.165, 1.54) is 0 Å². The summed E-state index contributed by atoms with van der Waals surface area (Å²) in [6.45, 7) is 4.10. The van der Waals surface area contributed by atoms with Crippen molar-refractivity contribution in [3.05, 3.63) is 70.8 Å². The first-order valence-electron chi connectivity index (χ1n) is 10.4. The Hall–Kier alpha value is -4.06. The van der Waals surface area contributed by atoms with Gasteiger partial charge in [0.25, 0.3) is 0 Å². The molecule has 4 rings (SSSR count). The number of nitrogens with zero attached hydrogens (tertiary/aromatic N) is 5. The number of esters is 1. The molecule has 164 valence electrons. The predicted octanol–water partition coefficient (Wildman–Crippen LogP) is 2.95. The molecule has 1 aromatic carbocycles. The zero-order valence-electron chi connectivity index (χ0n) is 18.2. The van der Waals surface area contributed by atoms with Crippen molar-refractivity contribution in [2.45, 2.75) is 32.6 Å². The molecule has 3 heterocycles. The fourth-order valence-corrected chi connectivity index (χ4v) is 4.00. The Morgan fingerprint density at radius 2 is 2.06 bits per heavy atom. The number of hydrogen-bond donors (Lipinski definition) is 1. The van der Waals surface area contributed by atoms with Gasteiger partial charge in [-0.2, -0.15) is 10.4 Å². The van der Waals surface area contributed by atoms with E-state index < -0.39 is 5.97 Å². The Morgan fingerprint density at radius 3 is 2.72 bits per heavy atom. The molecule has 0 aliphatic carbocycles. The monoisotopic (exact) mass is 432 g/mol. The molecule has 32 heavy (non-hydrogen) atoms. The second-order valence-corrected chi connectivity index (χ2v) is 7.40. The SMILES string of the molecule is CCCc1nn(C)c2c1C(c1ccc(-n3ccnc3C(=O)OCC)cc1)C(C#N)=C(N)O2. The van der Waals surface area contributed by atoms with E-state index in [-0.39, 0.29) is 24.2 Å². The van der Waals surface area contributed by atoms with Crippen molar-refractivity contribution in [2.24, 2.45) is 12.8 Å². The molecule has 0 fully saturated rings. The Balaban J connectivity index is 1.78. The van der Waals surface area contributed by atoms with Crippen LogP contribution in [0.1, 0.15) is 53.6 Å². The number of allylic oxidation sites excluding steroid dienone is 1. The fourth-order valence-electron chi connectivity index (χ4n) is 4.00. The van der Waals surface area contributed by atoms with Gasteiger partial charge in [-0.25, -0.2) is 14.5 Å². The molecule has 1 atom stereocenters. The molecule has 9 nitrogen and oxygen atoms in total. The van der Waals surface area contributed by atoms with Crippen LogP contribution in [0.2, 0.25) is 0 Å². The van der Waals surface area contributed by atoms with Crippen LogP contribution in [0.15, 0.2) is 48.1 Å². The summed E-state index contributed by atoms with van der Waals surface area (Å²) >= 11 is 0. The Bertz CT molecular complexity index is 1230. The number of nitrogens with two attached hydrogens (primary N) is 1. The van der Waals surface area contributed by atoms with Crippen LogP contribution in [0.3, 0.4) is 0 Å². The third-order valence-corrected chi connectivity index (χ3v) is 5.37. The summed E-state index contributed by atoms with van der Waals surface area (Å²) in [5.74, 6) is -0.0390. The molecule has 1 aliphatic heterocycles. The molecule has 0 amide bonds. The van der Waals surface area contributed by atoms with E-state index >= 15 is 0 Å². The minimum Gasteiger partial charge on any atom is -0.460 e. The molecule has 1 unspecified atom stereocenters. The van der Waals surface area contributed by atoms with Crippen molar-refractivity contribution in [1.29, 1.82) is 5.26 Å². The van der Waals surface area contributed by atoms with E-state index in [0.29, 0.717) is 11.5 Å². The van der Waals surface area contributed by atoms with Crippen LogP contribution in [-0.4, -0.2) is 31.9 Å². The van der Waals surface area contributed by atoms with Crippen LogP contribution in [0, 0.1) is 11.3 Å².